The Labute approximate surface area is 130 Å². The van der Waals surface area contributed by atoms with Crippen molar-refractivity contribution in [2.24, 2.45) is 5.73 Å². The molecule has 0 spiro atoms. The number of primary amides is 1. The highest BCUT2D eigenvalue weighted by molar-refractivity contribution is 5.92. The van der Waals surface area contributed by atoms with Gasteiger partial charge in [-0.2, -0.15) is 0 Å². The van der Waals surface area contributed by atoms with Crippen molar-refractivity contribution in [3.05, 3.63) is 71.3 Å². The van der Waals surface area contributed by atoms with Crippen LogP contribution in [-0.4, -0.2) is 11.8 Å². The van der Waals surface area contributed by atoms with Crippen LogP contribution in [0.5, 0.6) is 0 Å². The fourth-order valence-electron chi connectivity index (χ4n) is 2.40. The van der Waals surface area contributed by atoms with Crippen molar-refractivity contribution in [3.8, 4) is 0 Å². The molecule has 0 aliphatic carbocycles. The van der Waals surface area contributed by atoms with Crippen molar-refractivity contribution >= 4 is 11.8 Å². The summed E-state index contributed by atoms with van der Waals surface area (Å²) in [5.41, 5.74) is 7.57. The minimum atomic E-state index is -0.469. The Morgan fingerprint density at radius 2 is 1.82 bits per heavy atom. The maximum Gasteiger partial charge on any atom is 0.248 e. The van der Waals surface area contributed by atoms with Gasteiger partial charge in [0.1, 0.15) is 0 Å². The number of carbonyl (C=O) groups excluding carboxylic acids is 2. The van der Waals surface area contributed by atoms with Crippen LogP contribution in [0.15, 0.2) is 54.6 Å². The first-order valence-electron chi connectivity index (χ1n) is 7.33. The molecule has 22 heavy (non-hydrogen) atoms. The lowest BCUT2D eigenvalue weighted by atomic mass is 9.95. The highest BCUT2D eigenvalue weighted by atomic mass is 16.2. The molecule has 0 heterocycles. The molecular weight excluding hydrogens is 276 g/mol. The van der Waals surface area contributed by atoms with Gasteiger partial charge in [0, 0.05) is 12.1 Å². The summed E-state index contributed by atoms with van der Waals surface area (Å²) in [4.78, 5) is 23.5. The first kappa shape index (κ1) is 15.8. The summed E-state index contributed by atoms with van der Waals surface area (Å²) in [5.74, 6) is -0.650. The molecule has 4 nitrogen and oxygen atoms in total. The van der Waals surface area contributed by atoms with Crippen molar-refractivity contribution in [1.82, 2.24) is 5.32 Å². The molecule has 0 aromatic heterocycles. The molecule has 0 radical (unpaired) electrons. The third-order valence-corrected chi connectivity index (χ3v) is 3.60. The van der Waals surface area contributed by atoms with Crippen molar-refractivity contribution in [2.45, 2.75) is 25.8 Å². The normalized spacial score (nSPS) is 11.7. The van der Waals surface area contributed by atoms with E-state index in [0.29, 0.717) is 12.1 Å². The minimum Gasteiger partial charge on any atom is -0.366 e. The van der Waals surface area contributed by atoms with Crippen molar-refractivity contribution in [1.29, 1.82) is 0 Å². The van der Waals surface area contributed by atoms with Gasteiger partial charge < -0.3 is 11.1 Å². The van der Waals surface area contributed by atoms with Gasteiger partial charge in [0.2, 0.25) is 11.8 Å². The summed E-state index contributed by atoms with van der Waals surface area (Å²) in [7, 11) is 0. The third-order valence-electron chi connectivity index (χ3n) is 3.60. The first-order chi connectivity index (χ1) is 10.6. The lowest BCUT2D eigenvalue weighted by molar-refractivity contribution is -0.122. The zero-order valence-corrected chi connectivity index (χ0v) is 12.6. The molecule has 114 valence electrons. The summed E-state index contributed by atoms with van der Waals surface area (Å²) in [6.07, 6.45) is 0.733. The van der Waals surface area contributed by atoms with E-state index in [9.17, 15) is 9.59 Å². The van der Waals surface area contributed by atoms with E-state index in [0.717, 1.165) is 17.5 Å². The molecule has 0 saturated heterocycles. The predicted octanol–water partition coefficient (Wildman–Crippen LogP) is 2.60. The summed E-state index contributed by atoms with van der Waals surface area (Å²) < 4.78 is 0. The second kappa shape index (κ2) is 7.41. The summed E-state index contributed by atoms with van der Waals surface area (Å²) >= 11 is 0. The van der Waals surface area contributed by atoms with Gasteiger partial charge in [0.25, 0.3) is 0 Å². The van der Waals surface area contributed by atoms with E-state index in [4.69, 9.17) is 5.73 Å². The Morgan fingerprint density at radius 3 is 2.45 bits per heavy atom. The quantitative estimate of drug-likeness (QED) is 0.860. The van der Waals surface area contributed by atoms with Crippen LogP contribution in [0.1, 0.15) is 40.7 Å². The Kier molecular flexibility index (Phi) is 5.31. The molecule has 4 heteroatoms. The topological polar surface area (TPSA) is 72.2 Å². The largest absolute Gasteiger partial charge is 0.366 e. The van der Waals surface area contributed by atoms with E-state index in [-0.39, 0.29) is 11.8 Å². The van der Waals surface area contributed by atoms with E-state index in [1.807, 2.05) is 43.3 Å². The second-order valence-corrected chi connectivity index (χ2v) is 5.15. The minimum absolute atomic E-state index is 0.0156. The predicted molar refractivity (Wildman–Crippen MR) is 86.3 cm³/mol. The molecular formula is C18H20N2O2. The van der Waals surface area contributed by atoms with Crippen LogP contribution in [0.3, 0.4) is 0 Å². The first-order valence-corrected chi connectivity index (χ1v) is 7.33. The van der Waals surface area contributed by atoms with Gasteiger partial charge in [-0.15, -0.1) is 0 Å². The number of hydrogen-bond donors (Lipinski definition) is 2. The molecule has 0 aliphatic heterocycles. The van der Waals surface area contributed by atoms with Gasteiger partial charge in [-0.25, -0.2) is 0 Å². The van der Waals surface area contributed by atoms with Crippen molar-refractivity contribution in [2.75, 3.05) is 0 Å². The summed E-state index contributed by atoms with van der Waals surface area (Å²) in [5, 5.41) is 2.92. The van der Waals surface area contributed by atoms with E-state index in [1.165, 1.54) is 0 Å². The molecule has 1 unspecified atom stereocenters. The molecule has 2 amide bonds. The van der Waals surface area contributed by atoms with E-state index < -0.39 is 5.91 Å². The van der Waals surface area contributed by atoms with Crippen molar-refractivity contribution in [3.63, 3.8) is 0 Å². The Bertz CT molecular complexity index is 653. The number of nitrogens with one attached hydrogen (secondary N) is 1. The molecule has 3 N–H and O–H groups in total. The van der Waals surface area contributed by atoms with Crippen LogP contribution in [0.2, 0.25) is 0 Å². The average Bonchev–Trinajstić information content (AvgIpc) is 2.55. The maximum atomic E-state index is 12.4. The number of rotatable bonds is 6. The lowest BCUT2D eigenvalue weighted by Gasteiger charge is -2.15. The zero-order chi connectivity index (χ0) is 15.9. The summed E-state index contributed by atoms with van der Waals surface area (Å²) in [6, 6.07) is 16.7. The zero-order valence-electron chi connectivity index (χ0n) is 12.6. The number of benzene rings is 2. The van der Waals surface area contributed by atoms with Crippen LogP contribution < -0.4 is 11.1 Å². The van der Waals surface area contributed by atoms with Gasteiger partial charge in [-0.3, -0.25) is 9.59 Å². The molecule has 2 rings (SSSR count). The smallest absolute Gasteiger partial charge is 0.248 e. The van der Waals surface area contributed by atoms with E-state index in [1.54, 1.807) is 18.2 Å². The SMILES string of the molecule is CCC(C(=O)NCc1cccc(C(N)=O)c1)c1ccccc1. The van der Waals surface area contributed by atoms with Gasteiger partial charge >= 0.3 is 0 Å². The fourth-order valence-corrected chi connectivity index (χ4v) is 2.40. The standard InChI is InChI=1S/C18H20N2O2/c1-2-16(14-8-4-3-5-9-14)18(22)20-12-13-7-6-10-15(11-13)17(19)21/h3-11,16H,2,12H2,1H3,(H2,19,21)(H,20,22). The van der Waals surface area contributed by atoms with Crippen LogP contribution in [0.25, 0.3) is 0 Å². The van der Waals surface area contributed by atoms with Gasteiger partial charge in [0.05, 0.1) is 5.92 Å². The highest BCUT2D eigenvalue weighted by Crippen LogP contribution is 2.19. The van der Waals surface area contributed by atoms with Gasteiger partial charge in [0.15, 0.2) is 0 Å². The monoisotopic (exact) mass is 296 g/mol. The second-order valence-electron chi connectivity index (χ2n) is 5.15. The molecule has 0 saturated carbocycles. The lowest BCUT2D eigenvalue weighted by Crippen LogP contribution is -2.28. The average molecular weight is 296 g/mol. The van der Waals surface area contributed by atoms with Crippen LogP contribution in [-0.2, 0) is 11.3 Å². The van der Waals surface area contributed by atoms with Gasteiger partial charge in [-0.1, -0.05) is 49.4 Å². The number of amides is 2. The molecule has 2 aromatic rings. The summed E-state index contributed by atoms with van der Waals surface area (Å²) in [6.45, 7) is 2.37. The number of nitrogens with two attached hydrogens (primary N) is 1. The Hall–Kier alpha value is -2.62. The fraction of sp³-hybridized carbons (Fsp3) is 0.222. The van der Waals surface area contributed by atoms with Gasteiger partial charge in [-0.05, 0) is 29.7 Å². The van der Waals surface area contributed by atoms with E-state index in [2.05, 4.69) is 5.32 Å². The Morgan fingerprint density at radius 1 is 1.09 bits per heavy atom. The molecule has 0 bridgehead atoms. The van der Waals surface area contributed by atoms with E-state index >= 15 is 0 Å². The number of carbonyl (C=O) groups is 2. The highest BCUT2D eigenvalue weighted by Gasteiger charge is 2.17. The van der Waals surface area contributed by atoms with Crippen molar-refractivity contribution < 1.29 is 9.59 Å². The van der Waals surface area contributed by atoms with Crippen LogP contribution >= 0.6 is 0 Å². The van der Waals surface area contributed by atoms with Crippen LogP contribution in [0.4, 0.5) is 0 Å². The number of hydrogen-bond acceptors (Lipinski definition) is 2. The molecule has 1 atom stereocenters. The molecule has 0 aliphatic rings. The third kappa shape index (κ3) is 3.95. The molecule has 2 aromatic carbocycles. The van der Waals surface area contributed by atoms with Crippen LogP contribution in [0, 0.1) is 0 Å². The maximum absolute atomic E-state index is 12.4. The Balaban J connectivity index is 2.03. The molecule has 0 fully saturated rings.